The van der Waals surface area contributed by atoms with Crippen LogP contribution in [0.1, 0.15) is 31.2 Å². The number of hydrogen-bond donors (Lipinski definition) is 2. The third kappa shape index (κ3) is 3.63. The highest BCUT2D eigenvalue weighted by Gasteiger charge is 2.43. The number of rotatable bonds is 4. The van der Waals surface area contributed by atoms with E-state index in [1.165, 1.54) is 5.56 Å². The molecule has 1 aromatic rings. The molecular weight excluding hydrogens is 264 g/mol. The summed E-state index contributed by atoms with van der Waals surface area (Å²) in [5.74, 6) is 0.0568. The number of carbonyl (C=O) groups excluding carboxylic acids is 1. The van der Waals surface area contributed by atoms with Gasteiger partial charge in [-0.15, -0.1) is 0 Å². The maximum Gasteiger partial charge on any atom is 0.249 e. The van der Waals surface area contributed by atoms with Crippen LogP contribution in [0.25, 0.3) is 0 Å². The van der Waals surface area contributed by atoms with Crippen LogP contribution in [0.4, 0.5) is 0 Å². The lowest BCUT2D eigenvalue weighted by atomic mass is 9.89. The highest BCUT2D eigenvalue weighted by molar-refractivity contribution is 5.81. The van der Waals surface area contributed by atoms with E-state index < -0.39 is 0 Å². The summed E-state index contributed by atoms with van der Waals surface area (Å²) in [7, 11) is 0. The highest BCUT2D eigenvalue weighted by atomic mass is 16.5. The Bertz CT molecular complexity index is 469. The van der Waals surface area contributed by atoms with Gasteiger partial charge in [-0.25, -0.2) is 0 Å². The quantitative estimate of drug-likeness (QED) is 0.885. The van der Waals surface area contributed by atoms with Crippen LogP contribution in [0.3, 0.4) is 0 Å². The summed E-state index contributed by atoms with van der Waals surface area (Å²) in [5.41, 5.74) is 1.21. The molecule has 1 spiro atoms. The normalized spacial score (nSPS) is 24.1. The van der Waals surface area contributed by atoms with Crippen molar-refractivity contribution in [3.8, 4) is 0 Å². The number of amides is 1. The number of carbonyl (C=O) groups is 1. The van der Waals surface area contributed by atoms with Crippen molar-refractivity contribution >= 4 is 5.91 Å². The molecule has 1 aromatic carbocycles. The van der Waals surface area contributed by atoms with Gasteiger partial charge in [-0.3, -0.25) is 4.79 Å². The topological polar surface area (TPSA) is 50.4 Å². The predicted molar refractivity (Wildman–Crippen MR) is 82.1 cm³/mol. The SMILES string of the molecule is O=C(NCCc1ccccc1)C1CCC2(CCNCC2)O1. The minimum atomic E-state index is -0.251. The van der Waals surface area contributed by atoms with Gasteiger partial charge in [-0.05, 0) is 50.8 Å². The van der Waals surface area contributed by atoms with E-state index in [4.69, 9.17) is 4.74 Å². The Hall–Kier alpha value is -1.39. The van der Waals surface area contributed by atoms with E-state index in [1.807, 2.05) is 18.2 Å². The molecule has 0 saturated carbocycles. The van der Waals surface area contributed by atoms with Crippen LogP contribution < -0.4 is 10.6 Å². The zero-order valence-electron chi connectivity index (χ0n) is 12.4. The summed E-state index contributed by atoms with van der Waals surface area (Å²) < 4.78 is 6.10. The molecule has 2 aliphatic heterocycles. The molecule has 21 heavy (non-hydrogen) atoms. The second-order valence-corrected chi connectivity index (χ2v) is 6.10. The first kappa shape index (κ1) is 14.5. The fourth-order valence-electron chi connectivity index (χ4n) is 3.34. The lowest BCUT2D eigenvalue weighted by Crippen LogP contribution is -2.44. The second-order valence-electron chi connectivity index (χ2n) is 6.10. The number of ether oxygens (including phenoxy) is 1. The molecule has 2 aliphatic rings. The van der Waals surface area contributed by atoms with Gasteiger partial charge in [0.25, 0.3) is 0 Å². The highest BCUT2D eigenvalue weighted by Crippen LogP contribution is 2.37. The van der Waals surface area contributed by atoms with E-state index in [9.17, 15) is 4.79 Å². The molecule has 0 radical (unpaired) electrons. The molecule has 2 fully saturated rings. The van der Waals surface area contributed by atoms with Crippen molar-refractivity contribution < 1.29 is 9.53 Å². The Morgan fingerprint density at radius 2 is 2.00 bits per heavy atom. The molecule has 0 bridgehead atoms. The molecular formula is C17H24N2O2. The van der Waals surface area contributed by atoms with Gasteiger partial charge >= 0.3 is 0 Å². The van der Waals surface area contributed by atoms with E-state index in [0.717, 1.165) is 45.2 Å². The molecule has 2 heterocycles. The van der Waals surface area contributed by atoms with Gasteiger partial charge in [0, 0.05) is 6.54 Å². The maximum atomic E-state index is 12.2. The summed E-state index contributed by atoms with van der Waals surface area (Å²) >= 11 is 0. The number of hydrogen-bond acceptors (Lipinski definition) is 3. The lowest BCUT2D eigenvalue weighted by molar-refractivity contribution is -0.138. The predicted octanol–water partition coefficient (Wildman–Crippen LogP) is 1.65. The Kier molecular flexibility index (Phi) is 4.56. The van der Waals surface area contributed by atoms with Gasteiger partial charge in [-0.1, -0.05) is 30.3 Å². The molecule has 114 valence electrons. The largest absolute Gasteiger partial charge is 0.362 e. The van der Waals surface area contributed by atoms with E-state index in [-0.39, 0.29) is 17.6 Å². The minimum Gasteiger partial charge on any atom is -0.362 e. The Balaban J connectivity index is 1.44. The third-order valence-corrected chi connectivity index (χ3v) is 4.62. The summed E-state index contributed by atoms with van der Waals surface area (Å²) in [4.78, 5) is 12.2. The molecule has 2 N–H and O–H groups in total. The van der Waals surface area contributed by atoms with Crippen molar-refractivity contribution in [2.24, 2.45) is 0 Å². The van der Waals surface area contributed by atoms with Crippen LogP contribution in [0, 0.1) is 0 Å². The van der Waals surface area contributed by atoms with Gasteiger partial charge in [0.15, 0.2) is 0 Å². The van der Waals surface area contributed by atoms with Crippen molar-refractivity contribution in [1.29, 1.82) is 0 Å². The zero-order chi connectivity index (χ0) is 14.5. The van der Waals surface area contributed by atoms with E-state index >= 15 is 0 Å². The van der Waals surface area contributed by atoms with Crippen molar-refractivity contribution in [3.05, 3.63) is 35.9 Å². The standard InChI is InChI=1S/C17H24N2O2/c20-16(19-11-7-14-4-2-1-3-5-14)15-6-8-17(21-15)9-12-18-13-10-17/h1-5,15,18H,6-13H2,(H,19,20). The molecule has 1 atom stereocenters. The molecule has 4 nitrogen and oxygen atoms in total. The molecule has 3 rings (SSSR count). The molecule has 1 unspecified atom stereocenters. The van der Waals surface area contributed by atoms with Crippen molar-refractivity contribution in [2.75, 3.05) is 19.6 Å². The molecule has 0 aromatic heterocycles. The van der Waals surface area contributed by atoms with E-state index in [0.29, 0.717) is 6.54 Å². The lowest BCUT2D eigenvalue weighted by Gasteiger charge is -2.33. The van der Waals surface area contributed by atoms with Gasteiger partial charge in [-0.2, -0.15) is 0 Å². The fourth-order valence-corrected chi connectivity index (χ4v) is 3.34. The Morgan fingerprint density at radius 3 is 2.76 bits per heavy atom. The van der Waals surface area contributed by atoms with Crippen molar-refractivity contribution in [2.45, 2.75) is 43.8 Å². The molecule has 1 amide bonds. The van der Waals surface area contributed by atoms with Gasteiger partial charge < -0.3 is 15.4 Å². The average molecular weight is 288 g/mol. The van der Waals surface area contributed by atoms with Crippen LogP contribution in [-0.2, 0) is 16.0 Å². The first-order chi connectivity index (χ1) is 10.3. The fraction of sp³-hybridized carbons (Fsp3) is 0.588. The van der Waals surface area contributed by atoms with E-state index in [1.54, 1.807) is 0 Å². The van der Waals surface area contributed by atoms with Gasteiger partial charge in [0.05, 0.1) is 5.60 Å². The van der Waals surface area contributed by atoms with Crippen LogP contribution in [0.15, 0.2) is 30.3 Å². The van der Waals surface area contributed by atoms with Crippen molar-refractivity contribution in [1.82, 2.24) is 10.6 Å². The van der Waals surface area contributed by atoms with E-state index in [2.05, 4.69) is 22.8 Å². The van der Waals surface area contributed by atoms with Crippen molar-refractivity contribution in [3.63, 3.8) is 0 Å². The van der Waals surface area contributed by atoms with Crippen LogP contribution in [0.5, 0.6) is 0 Å². The molecule has 0 aliphatic carbocycles. The molecule has 4 heteroatoms. The van der Waals surface area contributed by atoms with Gasteiger partial charge in [0.1, 0.15) is 6.10 Å². The third-order valence-electron chi connectivity index (χ3n) is 4.62. The number of benzene rings is 1. The molecule has 2 saturated heterocycles. The van der Waals surface area contributed by atoms with Crippen LogP contribution in [-0.4, -0.2) is 37.2 Å². The zero-order valence-corrected chi connectivity index (χ0v) is 12.4. The Labute approximate surface area is 126 Å². The number of piperidine rings is 1. The Morgan fingerprint density at radius 1 is 1.24 bits per heavy atom. The monoisotopic (exact) mass is 288 g/mol. The van der Waals surface area contributed by atoms with Crippen LogP contribution in [0.2, 0.25) is 0 Å². The van der Waals surface area contributed by atoms with Crippen LogP contribution >= 0.6 is 0 Å². The number of nitrogens with one attached hydrogen (secondary N) is 2. The maximum absolute atomic E-state index is 12.2. The minimum absolute atomic E-state index is 0.0350. The summed E-state index contributed by atoms with van der Waals surface area (Å²) in [5, 5.41) is 6.37. The first-order valence-corrected chi connectivity index (χ1v) is 7.98. The second kappa shape index (κ2) is 6.58. The summed E-state index contributed by atoms with van der Waals surface area (Å²) in [6.07, 6.45) is 4.55. The first-order valence-electron chi connectivity index (χ1n) is 7.98. The van der Waals surface area contributed by atoms with Gasteiger partial charge in [0.2, 0.25) is 5.91 Å². The summed E-state index contributed by atoms with van der Waals surface area (Å²) in [6.45, 7) is 2.68. The summed E-state index contributed by atoms with van der Waals surface area (Å²) in [6, 6.07) is 10.2. The smallest absolute Gasteiger partial charge is 0.249 e. The average Bonchev–Trinajstić information content (AvgIpc) is 2.93.